The molecule has 0 aliphatic heterocycles. The number of halogens is 1. The van der Waals surface area contributed by atoms with E-state index in [0.29, 0.717) is 10.6 Å². The summed E-state index contributed by atoms with van der Waals surface area (Å²) in [5.41, 5.74) is 0.580. The van der Waals surface area contributed by atoms with Crippen LogP contribution in [0.3, 0.4) is 0 Å². The third kappa shape index (κ3) is 5.46. The Morgan fingerprint density at radius 1 is 1.20 bits per heavy atom. The Kier molecular flexibility index (Phi) is 6.36. The molecule has 0 saturated heterocycles. The van der Waals surface area contributed by atoms with Crippen LogP contribution in [0, 0.1) is 0 Å². The lowest BCUT2D eigenvalue weighted by molar-refractivity contribution is -0.147. The monoisotopic (exact) mass is 362 g/mol. The Morgan fingerprint density at radius 2 is 1.92 bits per heavy atom. The lowest BCUT2D eigenvalue weighted by Gasteiger charge is -2.20. The van der Waals surface area contributed by atoms with E-state index in [-0.39, 0.29) is 23.6 Å². The van der Waals surface area contributed by atoms with E-state index < -0.39 is 17.9 Å². The van der Waals surface area contributed by atoms with Crippen LogP contribution in [0.1, 0.15) is 42.2 Å². The molecule has 6 nitrogen and oxygen atoms in total. The number of rotatable bonds is 6. The predicted molar refractivity (Wildman–Crippen MR) is 94.6 cm³/mol. The van der Waals surface area contributed by atoms with E-state index in [1.54, 1.807) is 38.1 Å². The lowest BCUT2D eigenvalue weighted by Crippen LogP contribution is -2.31. The first-order valence-corrected chi connectivity index (χ1v) is 8.18. The second kappa shape index (κ2) is 8.48. The van der Waals surface area contributed by atoms with Gasteiger partial charge < -0.3 is 15.0 Å². The molecule has 0 aliphatic rings. The van der Waals surface area contributed by atoms with Gasteiger partial charge in [-0.05, 0) is 31.5 Å². The van der Waals surface area contributed by atoms with Gasteiger partial charge in [0.25, 0.3) is 5.91 Å². The third-order valence-corrected chi connectivity index (χ3v) is 3.71. The number of carbonyl (C=O) groups is 2. The minimum Gasteiger partial charge on any atom is -0.463 e. The van der Waals surface area contributed by atoms with Crippen LogP contribution in [-0.4, -0.2) is 23.0 Å². The van der Waals surface area contributed by atoms with Gasteiger partial charge in [-0.25, -0.2) is 0 Å². The number of esters is 1. The van der Waals surface area contributed by atoms with Gasteiger partial charge in [-0.1, -0.05) is 29.8 Å². The summed E-state index contributed by atoms with van der Waals surface area (Å²) in [4.78, 5) is 38.0. The van der Waals surface area contributed by atoms with Crippen LogP contribution in [0.2, 0.25) is 5.02 Å². The van der Waals surface area contributed by atoms with Crippen LogP contribution < -0.4 is 10.9 Å². The molecule has 1 aromatic heterocycles. The van der Waals surface area contributed by atoms with Crippen LogP contribution in [0.15, 0.2) is 47.4 Å². The molecule has 1 atom stereocenters. The summed E-state index contributed by atoms with van der Waals surface area (Å²) < 4.78 is 5.16. The fraction of sp³-hybridized carbons (Fsp3) is 0.278. The van der Waals surface area contributed by atoms with E-state index in [1.807, 2.05) is 0 Å². The summed E-state index contributed by atoms with van der Waals surface area (Å²) in [6.45, 7) is 3.50. The molecule has 2 aromatic rings. The van der Waals surface area contributed by atoms with Crippen molar-refractivity contribution in [1.82, 2.24) is 10.3 Å². The molecule has 2 N–H and O–H groups in total. The Bertz CT molecular complexity index is 796. The van der Waals surface area contributed by atoms with Gasteiger partial charge in [-0.3, -0.25) is 14.4 Å². The molecule has 1 amide bonds. The van der Waals surface area contributed by atoms with Crippen LogP contribution in [0.5, 0.6) is 0 Å². The summed E-state index contributed by atoms with van der Waals surface area (Å²) in [5.74, 6) is -0.875. The van der Waals surface area contributed by atoms with Gasteiger partial charge in [-0.15, -0.1) is 0 Å². The van der Waals surface area contributed by atoms with Crippen molar-refractivity contribution in [1.29, 1.82) is 0 Å². The highest BCUT2D eigenvalue weighted by Crippen LogP contribution is 2.26. The highest BCUT2D eigenvalue weighted by atomic mass is 35.5. The van der Waals surface area contributed by atoms with Crippen molar-refractivity contribution < 1.29 is 14.3 Å². The average Bonchev–Trinajstić information content (AvgIpc) is 2.54. The largest absolute Gasteiger partial charge is 0.463 e. The maximum Gasteiger partial charge on any atom is 0.308 e. The number of hydrogen-bond donors (Lipinski definition) is 2. The topological polar surface area (TPSA) is 88.3 Å². The van der Waals surface area contributed by atoms with Crippen LogP contribution in [0.25, 0.3) is 0 Å². The minimum absolute atomic E-state index is 0.0585. The number of H-pyrrole nitrogens is 1. The molecule has 0 spiro atoms. The van der Waals surface area contributed by atoms with Gasteiger partial charge in [-0.2, -0.15) is 0 Å². The zero-order chi connectivity index (χ0) is 18.4. The van der Waals surface area contributed by atoms with Gasteiger partial charge >= 0.3 is 5.97 Å². The van der Waals surface area contributed by atoms with Gasteiger partial charge in [0.2, 0.25) is 5.56 Å². The number of aromatic nitrogens is 1. The van der Waals surface area contributed by atoms with Crippen LogP contribution in [0.4, 0.5) is 0 Å². The summed E-state index contributed by atoms with van der Waals surface area (Å²) in [7, 11) is 0. The average molecular weight is 363 g/mol. The Labute approximate surface area is 150 Å². The molecular formula is C18H19ClN2O4. The molecular weight excluding hydrogens is 344 g/mol. The molecule has 0 fully saturated rings. The van der Waals surface area contributed by atoms with Crippen LogP contribution in [-0.2, 0) is 9.53 Å². The van der Waals surface area contributed by atoms with Crippen molar-refractivity contribution in [3.8, 4) is 0 Å². The maximum atomic E-state index is 12.4. The van der Waals surface area contributed by atoms with E-state index in [1.165, 1.54) is 18.3 Å². The van der Waals surface area contributed by atoms with E-state index >= 15 is 0 Å². The molecule has 2 rings (SSSR count). The van der Waals surface area contributed by atoms with Crippen molar-refractivity contribution in [2.45, 2.75) is 32.4 Å². The number of amides is 1. The zero-order valence-corrected chi connectivity index (χ0v) is 14.7. The zero-order valence-electron chi connectivity index (χ0n) is 13.9. The number of nitrogens with one attached hydrogen (secondary N) is 2. The normalized spacial score (nSPS) is 11.8. The van der Waals surface area contributed by atoms with E-state index in [2.05, 4.69) is 10.3 Å². The molecule has 0 bridgehead atoms. The highest BCUT2D eigenvalue weighted by molar-refractivity contribution is 6.31. The lowest BCUT2D eigenvalue weighted by atomic mass is 10.0. The van der Waals surface area contributed by atoms with Gasteiger partial charge in [0, 0.05) is 17.3 Å². The number of carbonyl (C=O) groups excluding carboxylic acids is 2. The summed E-state index contributed by atoms with van der Waals surface area (Å²) in [6, 6.07) is 8.97. The summed E-state index contributed by atoms with van der Waals surface area (Å²) >= 11 is 6.21. The van der Waals surface area contributed by atoms with Gasteiger partial charge in [0.05, 0.1) is 24.1 Å². The molecule has 132 valence electrons. The second-order valence-electron chi connectivity index (χ2n) is 5.73. The van der Waals surface area contributed by atoms with E-state index in [4.69, 9.17) is 16.3 Å². The quantitative estimate of drug-likeness (QED) is 0.773. The Hall–Kier alpha value is -2.60. The second-order valence-corrected chi connectivity index (χ2v) is 6.14. The van der Waals surface area contributed by atoms with Crippen molar-refractivity contribution >= 4 is 23.5 Å². The number of pyridine rings is 1. The molecule has 0 radical (unpaired) electrons. The molecule has 1 aromatic carbocycles. The number of hydrogen-bond acceptors (Lipinski definition) is 4. The number of aromatic amines is 1. The van der Waals surface area contributed by atoms with Gasteiger partial charge in [0.15, 0.2) is 0 Å². The van der Waals surface area contributed by atoms with Gasteiger partial charge in [0.1, 0.15) is 0 Å². The maximum absolute atomic E-state index is 12.4. The van der Waals surface area contributed by atoms with Crippen molar-refractivity contribution in [3.63, 3.8) is 0 Å². The fourth-order valence-electron chi connectivity index (χ4n) is 2.27. The third-order valence-electron chi connectivity index (χ3n) is 3.37. The van der Waals surface area contributed by atoms with Crippen molar-refractivity contribution in [3.05, 3.63) is 69.1 Å². The first kappa shape index (κ1) is 18.7. The fourth-order valence-corrected chi connectivity index (χ4v) is 2.53. The number of ether oxygens (including phenoxy) is 1. The standard InChI is InChI=1S/C18H19ClN2O4/c1-11(2)25-17(23)9-15(13-5-3-4-6-14(13)19)21-18(24)12-7-8-16(22)20-10-12/h3-8,10-11,15H,9H2,1-2H3,(H,20,22)(H,21,24). The molecule has 1 unspecified atom stereocenters. The van der Waals surface area contributed by atoms with Crippen molar-refractivity contribution in [2.75, 3.05) is 0 Å². The first-order valence-electron chi connectivity index (χ1n) is 7.80. The Morgan fingerprint density at radius 3 is 2.52 bits per heavy atom. The highest BCUT2D eigenvalue weighted by Gasteiger charge is 2.22. The predicted octanol–water partition coefficient (Wildman–Crippen LogP) is 2.84. The molecule has 0 saturated carbocycles. The minimum atomic E-state index is -0.653. The first-order chi connectivity index (χ1) is 11.9. The molecule has 0 aliphatic carbocycles. The molecule has 7 heteroatoms. The SMILES string of the molecule is CC(C)OC(=O)CC(NC(=O)c1ccc(=O)[nH]c1)c1ccccc1Cl. The Balaban J connectivity index is 2.23. The summed E-state index contributed by atoms with van der Waals surface area (Å²) in [5, 5.41) is 3.20. The smallest absolute Gasteiger partial charge is 0.308 e. The molecule has 1 heterocycles. The summed E-state index contributed by atoms with van der Waals surface area (Å²) in [6.07, 6.45) is 0.999. The van der Waals surface area contributed by atoms with Crippen LogP contribution >= 0.6 is 11.6 Å². The molecule has 25 heavy (non-hydrogen) atoms. The number of benzene rings is 1. The van der Waals surface area contributed by atoms with E-state index in [0.717, 1.165) is 0 Å². The van der Waals surface area contributed by atoms with E-state index in [9.17, 15) is 14.4 Å². The van der Waals surface area contributed by atoms with Crippen molar-refractivity contribution in [2.24, 2.45) is 0 Å².